The number of ether oxygens (including phenoxy) is 2. The first kappa shape index (κ1) is 32.0. The molecule has 0 spiro atoms. The van der Waals surface area contributed by atoms with E-state index in [0.29, 0.717) is 31.0 Å². The molecule has 3 amide bonds. The Balaban J connectivity index is 1.85. The average Bonchev–Trinajstić information content (AvgIpc) is 2.94. The molecule has 2 N–H and O–H groups in total. The van der Waals surface area contributed by atoms with E-state index in [1.165, 1.54) is 6.42 Å². The van der Waals surface area contributed by atoms with Crippen molar-refractivity contribution in [1.29, 1.82) is 0 Å². The monoisotopic (exact) mass is 560 g/mol. The van der Waals surface area contributed by atoms with Gasteiger partial charge in [0.15, 0.2) is 0 Å². The lowest BCUT2D eigenvalue weighted by atomic mass is 9.96. The van der Waals surface area contributed by atoms with E-state index in [2.05, 4.69) is 12.2 Å². The van der Waals surface area contributed by atoms with Crippen molar-refractivity contribution in [2.75, 3.05) is 52.3 Å². The van der Waals surface area contributed by atoms with E-state index in [9.17, 15) is 14.7 Å². The SMILES string of the molecule is C[C@@H]1CCCCO[C@H](CN(C)C(=O)NC2CCCCC2)[C@@H](C)CN([C@H](C)CO)C(=O)c2cc(N(C)C)ccc2O1. The third-order valence-corrected chi connectivity index (χ3v) is 8.28. The van der Waals surface area contributed by atoms with E-state index in [-0.39, 0.29) is 42.7 Å². The molecule has 9 heteroatoms. The normalized spacial score (nSPS) is 24.3. The Kier molecular flexibility index (Phi) is 12.4. The van der Waals surface area contributed by atoms with Crippen LogP contribution in [-0.4, -0.2) is 98.6 Å². The molecule has 226 valence electrons. The van der Waals surface area contributed by atoms with Gasteiger partial charge in [-0.2, -0.15) is 0 Å². The number of carbonyl (C=O) groups is 2. The Labute approximate surface area is 241 Å². The molecule has 1 heterocycles. The maximum Gasteiger partial charge on any atom is 0.317 e. The second-order valence-corrected chi connectivity index (χ2v) is 12.0. The fourth-order valence-electron chi connectivity index (χ4n) is 5.54. The van der Waals surface area contributed by atoms with Crippen molar-refractivity contribution < 1.29 is 24.2 Å². The lowest BCUT2D eigenvalue weighted by Crippen LogP contribution is -2.50. The number of urea groups is 1. The van der Waals surface area contributed by atoms with Gasteiger partial charge in [-0.15, -0.1) is 0 Å². The third-order valence-electron chi connectivity index (χ3n) is 8.28. The zero-order chi connectivity index (χ0) is 29.2. The minimum Gasteiger partial charge on any atom is -0.490 e. The summed E-state index contributed by atoms with van der Waals surface area (Å²) in [7, 11) is 5.70. The number of rotatable bonds is 6. The van der Waals surface area contributed by atoms with Crippen molar-refractivity contribution in [2.45, 2.75) is 96.4 Å². The maximum atomic E-state index is 14.1. The van der Waals surface area contributed by atoms with Crippen molar-refractivity contribution in [2.24, 2.45) is 5.92 Å². The molecule has 0 bridgehead atoms. The van der Waals surface area contributed by atoms with Gasteiger partial charge in [0.25, 0.3) is 5.91 Å². The van der Waals surface area contributed by atoms with E-state index in [1.54, 1.807) is 9.80 Å². The van der Waals surface area contributed by atoms with Crippen LogP contribution in [0.3, 0.4) is 0 Å². The van der Waals surface area contributed by atoms with Gasteiger partial charge < -0.3 is 34.6 Å². The van der Waals surface area contributed by atoms with Crippen molar-refractivity contribution in [1.82, 2.24) is 15.1 Å². The van der Waals surface area contributed by atoms with Gasteiger partial charge in [-0.05, 0) is 64.2 Å². The molecule has 3 rings (SSSR count). The Morgan fingerprint density at radius 1 is 1.10 bits per heavy atom. The number of amides is 3. The number of nitrogens with zero attached hydrogens (tertiary/aromatic N) is 3. The lowest BCUT2D eigenvalue weighted by molar-refractivity contribution is -0.0123. The van der Waals surface area contributed by atoms with Gasteiger partial charge in [0.2, 0.25) is 0 Å². The first-order chi connectivity index (χ1) is 19.1. The summed E-state index contributed by atoms with van der Waals surface area (Å²) >= 11 is 0. The van der Waals surface area contributed by atoms with Crippen LogP contribution in [0.25, 0.3) is 0 Å². The van der Waals surface area contributed by atoms with Gasteiger partial charge in [0.1, 0.15) is 5.75 Å². The molecule has 0 unspecified atom stereocenters. The molecule has 1 aromatic carbocycles. The minimum absolute atomic E-state index is 0.0623. The number of aliphatic hydroxyl groups excluding tert-OH is 1. The predicted octanol–water partition coefficient (Wildman–Crippen LogP) is 4.52. The number of fused-ring (bicyclic) bond motifs is 1. The molecule has 9 nitrogen and oxygen atoms in total. The molecule has 1 fully saturated rings. The third kappa shape index (κ3) is 8.99. The molecule has 2 aliphatic rings. The molecular formula is C31H52N4O5. The highest BCUT2D eigenvalue weighted by molar-refractivity contribution is 5.98. The fraction of sp³-hybridized carbons (Fsp3) is 0.742. The highest BCUT2D eigenvalue weighted by Gasteiger charge is 2.31. The number of hydrogen-bond donors (Lipinski definition) is 2. The van der Waals surface area contributed by atoms with Gasteiger partial charge in [-0.1, -0.05) is 26.2 Å². The number of anilines is 1. The molecule has 1 saturated carbocycles. The Morgan fingerprint density at radius 3 is 2.48 bits per heavy atom. The topological polar surface area (TPSA) is 94.6 Å². The molecule has 0 aromatic heterocycles. The lowest BCUT2D eigenvalue weighted by Gasteiger charge is -2.36. The molecule has 1 aliphatic heterocycles. The first-order valence-corrected chi connectivity index (χ1v) is 15.1. The van der Waals surface area contributed by atoms with Crippen LogP contribution < -0.4 is 15.0 Å². The predicted molar refractivity (Wildman–Crippen MR) is 159 cm³/mol. The van der Waals surface area contributed by atoms with Gasteiger partial charge in [-0.25, -0.2) is 4.79 Å². The first-order valence-electron chi connectivity index (χ1n) is 15.1. The number of benzene rings is 1. The van der Waals surface area contributed by atoms with Crippen LogP contribution >= 0.6 is 0 Å². The fourth-order valence-corrected chi connectivity index (χ4v) is 5.54. The standard InChI is InChI=1S/C31H52N4O5/c1-22-19-35(23(2)21-36)30(37)27-18-26(33(4)5)15-16-28(27)40-24(3)12-10-11-17-39-29(22)20-34(6)31(38)32-25-13-8-7-9-14-25/h15-16,18,22-25,29,36H,7-14,17,19-21H2,1-6H3,(H,32,38)/t22-,23+,24+,29+/m0/s1. The van der Waals surface area contributed by atoms with E-state index in [0.717, 1.165) is 50.6 Å². The van der Waals surface area contributed by atoms with Crippen LogP contribution in [-0.2, 0) is 4.74 Å². The highest BCUT2D eigenvalue weighted by Crippen LogP contribution is 2.29. The zero-order valence-corrected chi connectivity index (χ0v) is 25.5. The van der Waals surface area contributed by atoms with E-state index in [1.807, 2.05) is 58.1 Å². The molecule has 1 aromatic rings. The summed E-state index contributed by atoms with van der Waals surface area (Å²) in [5.74, 6) is 0.305. The quantitative estimate of drug-likeness (QED) is 0.531. The van der Waals surface area contributed by atoms with E-state index in [4.69, 9.17) is 9.47 Å². The second-order valence-electron chi connectivity index (χ2n) is 12.0. The van der Waals surface area contributed by atoms with Gasteiger partial charge in [0.05, 0.1) is 30.4 Å². The van der Waals surface area contributed by atoms with Gasteiger partial charge in [0, 0.05) is 58.5 Å². The smallest absolute Gasteiger partial charge is 0.317 e. The molecule has 0 saturated heterocycles. The molecule has 40 heavy (non-hydrogen) atoms. The van der Waals surface area contributed by atoms with Crippen molar-refractivity contribution in [3.05, 3.63) is 23.8 Å². The summed E-state index contributed by atoms with van der Waals surface area (Å²) in [6.07, 6.45) is 7.97. The van der Waals surface area contributed by atoms with Crippen LogP contribution in [0.15, 0.2) is 18.2 Å². The maximum absolute atomic E-state index is 14.1. The Bertz CT molecular complexity index is 952. The number of likely N-dealkylation sites (N-methyl/N-ethyl adjacent to an activating group) is 1. The van der Waals surface area contributed by atoms with Crippen LogP contribution in [0.1, 0.15) is 82.5 Å². The van der Waals surface area contributed by atoms with Crippen LogP contribution in [0, 0.1) is 5.92 Å². The van der Waals surface area contributed by atoms with Crippen molar-refractivity contribution in [3.63, 3.8) is 0 Å². The summed E-state index contributed by atoms with van der Waals surface area (Å²) in [4.78, 5) is 32.5. The summed E-state index contributed by atoms with van der Waals surface area (Å²) in [6.45, 7) is 7.16. The van der Waals surface area contributed by atoms with Crippen LogP contribution in [0.2, 0.25) is 0 Å². The number of nitrogens with one attached hydrogen (secondary N) is 1. The number of aliphatic hydroxyl groups is 1. The summed E-state index contributed by atoms with van der Waals surface area (Å²) in [5, 5.41) is 13.3. The summed E-state index contributed by atoms with van der Waals surface area (Å²) in [6, 6.07) is 5.47. The van der Waals surface area contributed by atoms with Crippen LogP contribution in [0.5, 0.6) is 5.75 Å². The highest BCUT2D eigenvalue weighted by atomic mass is 16.5. The Morgan fingerprint density at radius 2 is 1.80 bits per heavy atom. The molecule has 0 radical (unpaired) electrons. The molecule has 1 aliphatic carbocycles. The minimum atomic E-state index is -0.399. The van der Waals surface area contributed by atoms with Crippen LogP contribution in [0.4, 0.5) is 10.5 Å². The summed E-state index contributed by atoms with van der Waals surface area (Å²) in [5.41, 5.74) is 1.39. The van der Waals surface area contributed by atoms with Gasteiger partial charge >= 0.3 is 6.03 Å². The van der Waals surface area contributed by atoms with E-state index < -0.39 is 6.04 Å². The van der Waals surface area contributed by atoms with Crippen molar-refractivity contribution >= 4 is 17.6 Å². The van der Waals surface area contributed by atoms with Gasteiger partial charge in [-0.3, -0.25) is 4.79 Å². The molecular weight excluding hydrogens is 508 g/mol. The second kappa shape index (κ2) is 15.5. The summed E-state index contributed by atoms with van der Waals surface area (Å²) < 4.78 is 12.7. The molecule has 4 atom stereocenters. The largest absolute Gasteiger partial charge is 0.490 e. The number of carbonyl (C=O) groups excluding carboxylic acids is 2. The Hall–Kier alpha value is -2.52. The zero-order valence-electron chi connectivity index (χ0n) is 25.5. The van der Waals surface area contributed by atoms with E-state index >= 15 is 0 Å². The number of hydrogen-bond acceptors (Lipinski definition) is 6. The average molecular weight is 561 g/mol. The van der Waals surface area contributed by atoms with Crippen molar-refractivity contribution in [3.8, 4) is 5.75 Å².